The molecule has 0 amide bonds. The summed E-state index contributed by atoms with van der Waals surface area (Å²) in [6.45, 7) is 2.13. The number of anilines is 1. The van der Waals surface area contributed by atoms with Crippen molar-refractivity contribution in [2.45, 2.75) is 19.3 Å². The van der Waals surface area contributed by atoms with E-state index in [2.05, 4.69) is 4.90 Å². The molecule has 1 saturated heterocycles. The Labute approximate surface area is 165 Å². The lowest BCUT2D eigenvalue weighted by Gasteiger charge is -2.28. The molecule has 2 aromatic carbocycles. The molecule has 1 fully saturated rings. The van der Waals surface area contributed by atoms with E-state index in [1.807, 2.05) is 36.4 Å². The zero-order chi connectivity index (χ0) is 19.8. The Morgan fingerprint density at radius 2 is 1.86 bits per heavy atom. The smallest absolute Gasteiger partial charge is 0.185 e. The van der Waals surface area contributed by atoms with Crippen molar-refractivity contribution in [1.82, 2.24) is 0 Å². The number of benzene rings is 2. The summed E-state index contributed by atoms with van der Waals surface area (Å²) in [6, 6.07) is 15.1. The van der Waals surface area contributed by atoms with Gasteiger partial charge in [0.1, 0.15) is 6.07 Å². The minimum atomic E-state index is -0.0473. The van der Waals surface area contributed by atoms with Crippen LogP contribution in [-0.2, 0) is 0 Å². The lowest BCUT2D eigenvalue weighted by molar-refractivity contribution is 0.104. The summed E-state index contributed by atoms with van der Waals surface area (Å²) in [5, 5.41) is 8.62. The molecule has 5 heteroatoms. The number of ether oxygens (including phenoxy) is 2. The zero-order valence-electron chi connectivity index (χ0n) is 16.1. The van der Waals surface area contributed by atoms with Crippen LogP contribution in [0.1, 0.15) is 35.2 Å². The van der Waals surface area contributed by atoms with Gasteiger partial charge < -0.3 is 14.4 Å². The van der Waals surface area contributed by atoms with Gasteiger partial charge in [-0.05, 0) is 67.3 Å². The highest BCUT2D eigenvalue weighted by Crippen LogP contribution is 2.28. The van der Waals surface area contributed by atoms with Gasteiger partial charge in [0, 0.05) is 24.3 Å². The molecule has 1 aliphatic rings. The van der Waals surface area contributed by atoms with E-state index >= 15 is 0 Å². The lowest BCUT2D eigenvalue weighted by Crippen LogP contribution is -2.29. The Kier molecular flexibility index (Phi) is 6.69. The molecular weight excluding hydrogens is 352 g/mol. The standard InChI is InChI=1S/C23H24N2O3/c1-27-23-17-18(6-12-22(23)28-16-13-24)5-11-21(26)19-7-9-20(10-8-19)25-14-3-2-4-15-25/h5-12,17H,2-4,14-16H2,1H3/b11-5+. The highest BCUT2D eigenvalue weighted by molar-refractivity contribution is 6.07. The number of carbonyl (C=O) groups excluding carboxylic acids is 1. The fourth-order valence-electron chi connectivity index (χ4n) is 3.27. The van der Waals surface area contributed by atoms with Crippen LogP contribution in [0, 0.1) is 11.3 Å². The predicted molar refractivity (Wildman–Crippen MR) is 110 cm³/mol. The van der Waals surface area contributed by atoms with Gasteiger partial charge in [0.05, 0.1) is 7.11 Å². The Morgan fingerprint density at radius 3 is 2.54 bits per heavy atom. The fraction of sp³-hybridized carbons (Fsp3) is 0.304. The van der Waals surface area contributed by atoms with Crippen molar-refractivity contribution in [2.75, 3.05) is 31.7 Å². The first-order chi connectivity index (χ1) is 13.7. The van der Waals surface area contributed by atoms with Crippen LogP contribution < -0.4 is 14.4 Å². The van der Waals surface area contributed by atoms with E-state index in [9.17, 15) is 4.79 Å². The van der Waals surface area contributed by atoms with Gasteiger partial charge in [0.2, 0.25) is 0 Å². The molecule has 144 valence electrons. The Balaban J connectivity index is 1.66. The SMILES string of the molecule is COc1cc(/C=C/C(=O)c2ccc(N3CCCCC3)cc2)ccc1OCC#N. The molecule has 0 bridgehead atoms. The highest BCUT2D eigenvalue weighted by atomic mass is 16.5. The summed E-state index contributed by atoms with van der Waals surface area (Å²) in [6.07, 6.45) is 7.06. The fourth-order valence-corrected chi connectivity index (χ4v) is 3.27. The number of ketones is 1. The maximum absolute atomic E-state index is 12.5. The van der Waals surface area contributed by atoms with E-state index < -0.39 is 0 Å². The second-order valence-electron chi connectivity index (χ2n) is 6.65. The van der Waals surface area contributed by atoms with E-state index in [4.69, 9.17) is 14.7 Å². The van der Waals surface area contributed by atoms with Crippen LogP contribution in [0.4, 0.5) is 5.69 Å². The zero-order valence-corrected chi connectivity index (χ0v) is 16.1. The molecule has 3 rings (SSSR count). The van der Waals surface area contributed by atoms with Crippen LogP contribution in [0.3, 0.4) is 0 Å². The van der Waals surface area contributed by atoms with Crippen LogP contribution in [0.25, 0.3) is 6.08 Å². The topological polar surface area (TPSA) is 62.6 Å². The molecule has 28 heavy (non-hydrogen) atoms. The maximum atomic E-state index is 12.5. The number of nitrogens with zero attached hydrogens (tertiary/aromatic N) is 2. The third kappa shape index (κ3) is 4.92. The molecule has 0 saturated carbocycles. The Morgan fingerprint density at radius 1 is 1.11 bits per heavy atom. The van der Waals surface area contributed by atoms with Gasteiger partial charge in [-0.15, -0.1) is 0 Å². The molecule has 0 atom stereocenters. The first-order valence-electron chi connectivity index (χ1n) is 9.46. The molecule has 0 unspecified atom stereocenters. The van der Waals surface area contributed by atoms with Crippen LogP contribution in [0.2, 0.25) is 0 Å². The molecule has 1 heterocycles. The van der Waals surface area contributed by atoms with E-state index in [0.717, 1.165) is 18.7 Å². The average molecular weight is 376 g/mol. The first kappa shape index (κ1) is 19.5. The maximum Gasteiger partial charge on any atom is 0.185 e. The van der Waals surface area contributed by atoms with Crippen molar-refractivity contribution in [2.24, 2.45) is 0 Å². The largest absolute Gasteiger partial charge is 0.493 e. The van der Waals surface area contributed by atoms with Crippen molar-refractivity contribution in [3.8, 4) is 17.6 Å². The number of methoxy groups -OCH3 is 1. The molecule has 0 aliphatic carbocycles. The summed E-state index contributed by atoms with van der Waals surface area (Å²) in [4.78, 5) is 14.8. The van der Waals surface area contributed by atoms with Crippen LogP contribution >= 0.6 is 0 Å². The summed E-state index contributed by atoms with van der Waals surface area (Å²) < 4.78 is 10.6. The molecule has 0 aromatic heterocycles. The van der Waals surface area contributed by atoms with Gasteiger partial charge in [-0.1, -0.05) is 12.1 Å². The normalized spacial score (nSPS) is 13.9. The number of allylic oxidation sites excluding steroid dienone is 1. The Hall–Kier alpha value is -3.26. The van der Waals surface area contributed by atoms with Crippen molar-refractivity contribution >= 4 is 17.5 Å². The minimum Gasteiger partial charge on any atom is -0.493 e. The molecule has 0 N–H and O–H groups in total. The summed E-state index contributed by atoms with van der Waals surface area (Å²) in [7, 11) is 1.54. The number of hydrogen-bond acceptors (Lipinski definition) is 5. The van der Waals surface area contributed by atoms with Crippen molar-refractivity contribution in [1.29, 1.82) is 5.26 Å². The number of carbonyl (C=O) groups is 1. The van der Waals surface area contributed by atoms with Crippen molar-refractivity contribution in [3.63, 3.8) is 0 Å². The van der Waals surface area contributed by atoms with E-state index in [-0.39, 0.29) is 12.4 Å². The Bertz CT molecular complexity index is 876. The van der Waals surface area contributed by atoms with Crippen LogP contribution in [0.15, 0.2) is 48.5 Å². The van der Waals surface area contributed by atoms with Crippen LogP contribution in [-0.4, -0.2) is 32.6 Å². The molecule has 0 radical (unpaired) electrons. The van der Waals surface area contributed by atoms with Crippen LogP contribution in [0.5, 0.6) is 11.5 Å². The molecule has 1 aliphatic heterocycles. The van der Waals surface area contributed by atoms with Crippen molar-refractivity contribution in [3.05, 3.63) is 59.7 Å². The molecule has 0 spiro atoms. The van der Waals surface area contributed by atoms with Gasteiger partial charge in [0.15, 0.2) is 23.9 Å². The lowest BCUT2D eigenvalue weighted by atomic mass is 10.1. The third-order valence-electron chi connectivity index (χ3n) is 4.78. The number of rotatable bonds is 7. The van der Waals surface area contributed by atoms with E-state index in [1.165, 1.54) is 32.1 Å². The molecular formula is C23H24N2O3. The third-order valence-corrected chi connectivity index (χ3v) is 4.78. The number of hydrogen-bond donors (Lipinski definition) is 0. The predicted octanol–water partition coefficient (Wildman–Crippen LogP) is 4.48. The van der Waals surface area contributed by atoms with E-state index in [0.29, 0.717) is 17.1 Å². The quantitative estimate of drug-likeness (QED) is 0.526. The van der Waals surface area contributed by atoms with Gasteiger partial charge in [0.25, 0.3) is 0 Å². The second kappa shape index (κ2) is 9.61. The van der Waals surface area contributed by atoms with E-state index in [1.54, 1.807) is 24.3 Å². The van der Waals surface area contributed by atoms with Gasteiger partial charge in [-0.3, -0.25) is 4.79 Å². The number of piperidine rings is 1. The summed E-state index contributed by atoms with van der Waals surface area (Å²) in [5.74, 6) is 0.977. The highest BCUT2D eigenvalue weighted by Gasteiger charge is 2.11. The number of nitriles is 1. The first-order valence-corrected chi connectivity index (χ1v) is 9.46. The molecule has 2 aromatic rings. The molecule has 5 nitrogen and oxygen atoms in total. The summed E-state index contributed by atoms with van der Waals surface area (Å²) in [5.41, 5.74) is 2.66. The summed E-state index contributed by atoms with van der Waals surface area (Å²) >= 11 is 0. The minimum absolute atomic E-state index is 0.0442. The van der Waals surface area contributed by atoms with Crippen molar-refractivity contribution < 1.29 is 14.3 Å². The van der Waals surface area contributed by atoms with Gasteiger partial charge in [-0.2, -0.15) is 5.26 Å². The second-order valence-corrected chi connectivity index (χ2v) is 6.65. The average Bonchev–Trinajstić information content (AvgIpc) is 2.77. The monoisotopic (exact) mass is 376 g/mol. The van der Waals surface area contributed by atoms with Gasteiger partial charge in [-0.25, -0.2) is 0 Å². The van der Waals surface area contributed by atoms with Gasteiger partial charge >= 0.3 is 0 Å².